The van der Waals surface area contributed by atoms with Gasteiger partial charge in [-0.3, -0.25) is 5.10 Å². The van der Waals surface area contributed by atoms with E-state index in [1.165, 1.54) is 0 Å². The number of aromatic nitrogens is 4. The van der Waals surface area contributed by atoms with Crippen molar-refractivity contribution < 1.29 is 9.84 Å². The van der Waals surface area contributed by atoms with Gasteiger partial charge in [0.25, 0.3) is 0 Å². The van der Waals surface area contributed by atoms with Gasteiger partial charge in [0.1, 0.15) is 17.4 Å². The lowest BCUT2D eigenvalue weighted by molar-refractivity contribution is 0.201. The van der Waals surface area contributed by atoms with Crippen LogP contribution < -0.4 is 4.74 Å². The largest absolute Gasteiger partial charge is 0.491 e. The number of aliphatic hydroxyl groups is 1. The van der Waals surface area contributed by atoms with E-state index in [0.717, 1.165) is 11.3 Å². The summed E-state index contributed by atoms with van der Waals surface area (Å²) in [6, 6.07) is 7.39. The molecule has 3 rings (SSSR count). The minimum atomic E-state index is -0.106. The maximum Gasteiger partial charge on any atom is 0.194 e. The number of nitrogens with one attached hydrogen (secondary N) is 1. The predicted octanol–water partition coefficient (Wildman–Crippen LogP) is 3.05. The molecule has 0 aliphatic rings. The molecule has 0 amide bonds. The molecule has 0 bridgehead atoms. The Labute approximate surface area is 139 Å². The molecule has 2 aromatic heterocycles. The van der Waals surface area contributed by atoms with Crippen LogP contribution in [0.25, 0.3) is 17.0 Å². The zero-order chi connectivity index (χ0) is 16.6. The maximum atomic E-state index is 8.76. The summed E-state index contributed by atoms with van der Waals surface area (Å²) in [7, 11) is 0. The fraction of sp³-hybridized carbons (Fsp3) is 0.375. The van der Waals surface area contributed by atoms with Crippen LogP contribution in [0, 0.1) is 0 Å². The van der Waals surface area contributed by atoms with Crippen LogP contribution in [0.4, 0.5) is 0 Å². The first-order chi connectivity index (χ1) is 10.9. The van der Waals surface area contributed by atoms with Crippen molar-refractivity contribution in [1.29, 1.82) is 0 Å². The number of hydrogen-bond acceptors (Lipinski definition) is 4. The molecule has 6 nitrogen and oxygen atoms in total. The third-order valence-electron chi connectivity index (χ3n) is 3.46. The van der Waals surface area contributed by atoms with E-state index in [4.69, 9.17) is 21.4 Å². The highest BCUT2D eigenvalue weighted by molar-refractivity contribution is 6.34. The minimum Gasteiger partial charge on any atom is -0.491 e. The third kappa shape index (κ3) is 3.04. The fourth-order valence-corrected chi connectivity index (χ4v) is 2.73. The summed E-state index contributed by atoms with van der Waals surface area (Å²) in [5, 5.41) is 17.0. The van der Waals surface area contributed by atoms with E-state index in [1.807, 2.05) is 24.3 Å². The molecule has 0 aliphatic heterocycles. The van der Waals surface area contributed by atoms with Crippen molar-refractivity contribution in [3.8, 4) is 17.1 Å². The summed E-state index contributed by atoms with van der Waals surface area (Å²) in [5.74, 6) is 1.29. The Hall–Kier alpha value is -2.05. The normalized spacial score (nSPS) is 12.0. The van der Waals surface area contributed by atoms with Gasteiger partial charge < -0.3 is 9.84 Å². The van der Waals surface area contributed by atoms with Crippen LogP contribution in [0.2, 0.25) is 5.02 Å². The van der Waals surface area contributed by atoms with Crippen molar-refractivity contribution in [2.45, 2.75) is 26.2 Å². The number of rotatable bonds is 4. The van der Waals surface area contributed by atoms with Crippen LogP contribution in [0.5, 0.6) is 5.75 Å². The first-order valence-electron chi connectivity index (χ1n) is 7.39. The molecule has 0 atom stereocenters. The third-order valence-corrected chi connectivity index (χ3v) is 3.82. The Balaban J connectivity index is 1.92. The number of benzene rings is 1. The predicted molar refractivity (Wildman–Crippen MR) is 89.1 cm³/mol. The van der Waals surface area contributed by atoms with Crippen LogP contribution in [0.15, 0.2) is 24.3 Å². The lowest BCUT2D eigenvalue weighted by Crippen LogP contribution is -2.12. The average molecular weight is 335 g/mol. The smallest absolute Gasteiger partial charge is 0.194 e. The summed E-state index contributed by atoms with van der Waals surface area (Å²) in [6.45, 7) is 6.50. The molecule has 23 heavy (non-hydrogen) atoms. The first kappa shape index (κ1) is 15.8. The second-order valence-corrected chi connectivity index (χ2v) is 6.70. The SMILES string of the molecule is CC(C)(C)c1[nH]n2nc(-c3ccc(OCCO)cc3)nc2c1Cl. The quantitative estimate of drug-likeness (QED) is 0.769. The van der Waals surface area contributed by atoms with Gasteiger partial charge in [0.05, 0.1) is 12.3 Å². The molecule has 0 fully saturated rings. The lowest BCUT2D eigenvalue weighted by atomic mass is 9.92. The van der Waals surface area contributed by atoms with Crippen LogP contribution in [0.1, 0.15) is 26.5 Å². The zero-order valence-corrected chi connectivity index (χ0v) is 14.1. The van der Waals surface area contributed by atoms with E-state index in [-0.39, 0.29) is 18.6 Å². The Morgan fingerprint density at radius 3 is 2.52 bits per heavy atom. The second kappa shape index (κ2) is 5.86. The van der Waals surface area contributed by atoms with Gasteiger partial charge in [-0.05, 0) is 24.3 Å². The van der Waals surface area contributed by atoms with E-state index in [1.54, 1.807) is 4.63 Å². The number of ether oxygens (including phenoxy) is 1. The van der Waals surface area contributed by atoms with Crippen LogP contribution in [0.3, 0.4) is 0 Å². The summed E-state index contributed by atoms with van der Waals surface area (Å²) < 4.78 is 6.94. The highest BCUT2D eigenvalue weighted by Crippen LogP contribution is 2.31. The highest BCUT2D eigenvalue weighted by Gasteiger charge is 2.24. The molecule has 2 N–H and O–H groups in total. The molecule has 0 spiro atoms. The summed E-state index contributed by atoms with van der Waals surface area (Å²) >= 11 is 6.43. The number of nitrogens with zero attached hydrogens (tertiary/aromatic N) is 3. The van der Waals surface area contributed by atoms with Gasteiger partial charge in [-0.1, -0.05) is 32.4 Å². The molecular formula is C16H19ClN4O2. The number of aromatic amines is 1. The number of H-pyrrole nitrogens is 1. The number of aliphatic hydroxyl groups excluding tert-OH is 1. The van der Waals surface area contributed by atoms with E-state index < -0.39 is 0 Å². The molecule has 0 aliphatic carbocycles. The first-order valence-corrected chi connectivity index (χ1v) is 7.77. The Kier molecular flexibility index (Phi) is 4.04. The monoisotopic (exact) mass is 334 g/mol. The molecule has 122 valence electrons. The molecule has 0 radical (unpaired) electrons. The van der Waals surface area contributed by atoms with Crippen molar-refractivity contribution in [2.75, 3.05) is 13.2 Å². The van der Waals surface area contributed by atoms with Crippen LogP contribution in [-0.2, 0) is 5.41 Å². The van der Waals surface area contributed by atoms with Gasteiger partial charge in [-0.15, -0.1) is 5.10 Å². The van der Waals surface area contributed by atoms with E-state index >= 15 is 0 Å². The molecule has 1 aromatic carbocycles. The molecule has 2 heterocycles. The van der Waals surface area contributed by atoms with Crippen molar-refractivity contribution in [1.82, 2.24) is 19.8 Å². The standard InChI is InChI=1S/C16H19ClN4O2/c1-16(2,3)13-12(17)15-18-14(20-21(15)19-13)10-4-6-11(7-5-10)23-9-8-22/h4-7,19,22H,8-9H2,1-3H3. The van der Waals surface area contributed by atoms with E-state index in [2.05, 4.69) is 36.0 Å². The van der Waals surface area contributed by atoms with Crippen molar-refractivity contribution in [3.05, 3.63) is 35.0 Å². The van der Waals surface area contributed by atoms with Crippen molar-refractivity contribution >= 4 is 17.2 Å². The fourth-order valence-electron chi connectivity index (χ4n) is 2.28. The average Bonchev–Trinajstić information content (AvgIpc) is 3.05. The van der Waals surface area contributed by atoms with Gasteiger partial charge in [0, 0.05) is 11.0 Å². The van der Waals surface area contributed by atoms with Crippen molar-refractivity contribution in [3.63, 3.8) is 0 Å². The molecule has 0 saturated carbocycles. The second-order valence-electron chi connectivity index (χ2n) is 6.32. The summed E-state index contributed by atoms with van der Waals surface area (Å²) in [6.07, 6.45) is 0. The van der Waals surface area contributed by atoms with Gasteiger partial charge in [-0.2, -0.15) is 4.63 Å². The molecular weight excluding hydrogens is 316 g/mol. The summed E-state index contributed by atoms with van der Waals surface area (Å²) in [4.78, 5) is 4.52. The highest BCUT2D eigenvalue weighted by atomic mass is 35.5. The van der Waals surface area contributed by atoms with Gasteiger partial charge >= 0.3 is 0 Å². The van der Waals surface area contributed by atoms with Gasteiger partial charge in [0.2, 0.25) is 0 Å². The number of fused-ring (bicyclic) bond motifs is 1. The summed E-state index contributed by atoms with van der Waals surface area (Å²) in [5.41, 5.74) is 2.29. The minimum absolute atomic E-state index is 0.0102. The van der Waals surface area contributed by atoms with E-state index in [0.29, 0.717) is 22.2 Å². The Bertz CT molecular complexity index is 815. The van der Waals surface area contributed by atoms with Crippen LogP contribution >= 0.6 is 11.6 Å². The van der Waals surface area contributed by atoms with E-state index in [9.17, 15) is 0 Å². The number of hydrogen-bond donors (Lipinski definition) is 2. The lowest BCUT2D eigenvalue weighted by Gasteiger charge is -2.16. The maximum absolute atomic E-state index is 8.76. The molecule has 3 aromatic rings. The topological polar surface area (TPSA) is 75.4 Å². The molecule has 7 heteroatoms. The molecule has 0 saturated heterocycles. The molecule has 0 unspecified atom stereocenters. The van der Waals surface area contributed by atoms with Crippen molar-refractivity contribution in [2.24, 2.45) is 0 Å². The zero-order valence-electron chi connectivity index (χ0n) is 13.3. The Morgan fingerprint density at radius 1 is 1.26 bits per heavy atom. The Morgan fingerprint density at radius 2 is 1.96 bits per heavy atom. The van der Waals surface area contributed by atoms with Crippen LogP contribution in [-0.4, -0.2) is 38.1 Å². The van der Waals surface area contributed by atoms with Gasteiger partial charge in [0.15, 0.2) is 11.5 Å². The number of halogens is 1. The van der Waals surface area contributed by atoms with Gasteiger partial charge in [-0.25, -0.2) is 4.98 Å².